The Morgan fingerprint density at radius 1 is 0.970 bits per heavy atom. The molecule has 0 bridgehead atoms. The lowest BCUT2D eigenvalue weighted by Crippen LogP contribution is -2.40. The molecule has 1 amide bonds. The Hall–Kier alpha value is -3.64. The zero-order chi connectivity index (χ0) is 22.9. The molecule has 0 radical (unpaired) electrons. The van der Waals surface area contributed by atoms with Crippen LogP contribution in [0.25, 0.3) is 21.2 Å². The van der Waals surface area contributed by atoms with Crippen molar-refractivity contribution in [3.63, 3.8) is 0 Å². The van der Waals surface area contributed by atoms with Gasteiger partial charge in [0, 0.05) is 27.4 Å². The number of nitrogens with zero attached hydrogens (tertiary/aromatic N) is 1. The standard InChI is InChI=1S/C27H23NO4S/c1-17(14-26(29)30)28(24-16-33-25-13-7-6-12-22(24)25)27(31)32-15-23-20-10-4-2-8-18(20)19-9-3-5-11-21(19)23/h2-13,16-17,23H,14-15H2,1H3,(H,29,30)/t17-/m0/s1. The highest BCUT2D eigenvalue weighted by Crippen LogP contribution is 2.44. The average Bonchev–Trinajstić information content (AvgIpc) is 3.37. The molecule has 5 nitrogen and oxygen atoms in total. The van der Waals surface area contributed by atoms with Gasteiger partial charge >= 0.3 is 12.1 Å². The van der Waals surface area contributed by atoms with E-state index in [4.69, 9.17) is 4.74 Å². The molecule has 1 aromatic heterocycles. The Morgan fingerprint density at radius 3 is 2.24 bits per heavy atom. The lowest BCUT2D eigenvalue weighted by molar-refractivity contribution is -0.137. The second-order valence-corrected chi connectivity index (χ2v) is 9.15. The van der Waals surface area contributed by atoms with Crippen LogP contribution in [0.15, 0.2) is 78.2 Å². The van der Waals surface area contributed by atoms with Gasteiger partial charge in [0.05, 0.1) is 12.1 Å². The normalized spacial score (nSPS) is 13.4. The molecule has 5 rings (SSSR count). The first-order chi connectivity index (χ1) is 16.0. The van der Waals surface area contributed by atoms with Gasteiger partial charge in [-0.2, -0.15) is 0 Å². The van der Waals surface area contributed by atoms with Crippen molar-refractivity contribution in [2.24, 2.45) is 0 Å². The van der Waals surface area contributed by atoms with E-state index in [0.717, 1.165) is 32.3 Å². The van der Waals surface area contributed by atoms with Gasteiger partial charge < -0.3 is 9.84 Å². The van der Waals surface area contributed by atoms with Crippen molar-refractivity contribution in [2.75, 3.05) is 11.5 Å². The third kappa shape index (κ3) is 3.87. The highest BCUT2D eigenvalue weighted by Gasteiger charge is 2.32. The summed E-state index contributed by atoms with van der Waals surface area (Å²) in [5.74, 6) is -1.02. The van der Waals surface area contributed by atoms with Crippen LogP contribution >= 0.6 is 11.3 Å². The summed E-state index contributed by atoms with van der Waals surface area (Å²) in [5, 5.41) is 12.2. The number of amides is 1. The number of carboxylic acids is 1. The maximum Gasteiger partial charge on any atom is 0.414 e. The van der Waals surface area contributed by atoms with E-state index in [1.165, 1.54) is 16.2 Å². The summed E-state index contributed by atoms with van der Waals surface area (Å²) in [6.45, 7) is 1.92. The quantitative estimate of drug-likeness (QED) is 0.358. The summed E-state index contributed by atoms with van der Waals surface area (Å²) in [4.78, 5) is 26.3. The predicted octanol–water partition coefficient (Wildman–Crippen LogP) is 6.52. The van der Waals surface area contributed by atoms with Crippen LogP contribution in [0.2, 0.25) is 0 Å². The van der Waals surface area contributed by atoms with E-state index in [2.05, 4.69) is 24.3 Å². The number of benzene rings is 3. The summed E-state index contributed by atoms with van der Waals surface area (Å²) in [6.07, 6.45) is -0.705. The molecule has 0 aliphatic heterocycles. The van der Waals surface area contributed by atoms with Gasteiger partial charge in [0.15, 0.2) is 0 Å². The van der Waals surface area contributed by atoms with Gasteiger partial charge in [-0.25, -0.2) is 4.79 Å². The van der Waals surface area contributed by atoms with E-state index in [-0.39, 0.29) is 18.9 Å². The van der Waals surface area contributed by atoms with Crippen LogP contribution < -0.4 is 4.90 Å². The van der Waals surface area contributed by atoms with Gasteiger partial charge in [-0.05, 0) is 35.2 Å². The van der Waals surface area contributed by atoms with Crippen LogP contribution in [0.4, 0.5) is 10.5 Å². The lowest BCUT2D eigenvalue weighted by atomic mass is 9.98. The number of anilines is 1. The minimum atomic E-state index is -0.960. The fourth-order valence-corrected chi connectivity index (χ4v) is 5.61. The monoisotopic (exact) mass is 457 g/mol. The predicted molar refractivity (Wildman–Crippen MR) is 131 cm³/mol. The SMILES string of the molecule is C[C@@H](CC(=O)O)N(C(=O)OCC1c2ccccc2-c2ccccc21)c1csc2ccccc12. The Labute approximate surface area is 195 Å². The summed E-state index contributed by atoms with van der Waals surface area (Å²) >= 11 is 1.52. The minimum absolute atomic E-state index is 0.0581. The molecule has 1 heterocycles. The van der Waals surface area contributed by atoms with Crippen LogP contribution in [0.1, 0.15) is 30.4 Å². The third-order valence-corrected chi connectivity index (χ3v) is 7.11. The Kier molecular flexibility index (Phi) is 5.60. The third-order valence-electron chi connectivity index (χ3n) is 6.16. The van der Waals surface area contributed by atoms with Crippen LogP contribution in [-0.4, -0.2) is 29.8 Å². The fourth-order valence-electron chi connectivity index (χ4n) is 4.67. The van der Waals surface area contributed by atoms with Crippen LogP contribution in [0.5, 0.6) is 0 Å². The molecule has 1 aliphatic carbocycles. The molecule has 0 fully saturated rings. The zero-order valence-corrected chi connectivity index (χ0v) is 18.9. The number of rotatable bonds is 6. The second kappa shape index (κ2) is 8.71. The molecule has 0 saturated heterocycles. The molecule has 4 aromatic rings. The molecular weight excluding hydrogens is 434 g/mol. The summed E-state index contributed by atoms with van der Waals surface area (Å²) in [6, 6.07) is 23.6. The number of aliphatic carboxylic acids is 1. The minimum Gasteiger partial charge on any atom is -0.481 e. The van der Waals surface area contributed by atoms with Gasteiger partial charge in [0.2, 0.25) is 0 Å². The van der Waals surface area contributed by atoms with Crippen molar-refractivity contribution in [1.82, 2.24) is 0 Å². The first kappa shape index (κ1) is 21.2. The van der Waals surface area contributed by atoms with E-state index >= 15 is 0 Å². The zero-order valence-electron chi connectivity index (χ0n) is 18.1. The van der Waals surface area contributed by atoms with E-state index in [1.54, 1.807) is 6.92 Å². The number of fused-ring (bicyclic) bond motifs is 4. The molecule has 1 N–H and O–H groups in total. The first-order valence-electron chi connectivity index (χ1n) is 10.9. The first-order valence-corrected chi connectivity index (χ1v) is 11.7. The van der Waals surface area contributed by atoms with Gasteiger partial charge in [0.1, 0.15) is 6.61 Å². The number of carbonyl (C=O) groups is 2. The molecule has 0 saturated carbocycles. The van der Waals surface area contributed by atoms with Gasteiger partial charge in [-0.15, -0.1) is 11.3 Å². The molecule has 0 spiro atoms. The van der Waals surface area contributed by atoms with Crippen molar-refractivity contribution < 1.29 is 19.4 Å². The second-order valence-electron chi connectivity index (χ2n) is 8.24. The van der Waals surface area contributed by atoms with Crippen LogP contribution in [-0.2, 0) is 9.53 Å². The van der Waals surface area contributed by atoms with Gasteiger partial charge in [0.25, 0.3) is 0 Å². The molecular formula is C27H23NO4S. The maximum atomic E-state index is 13.4. The largest absolute Gasteiger partial charge is 0.481 e. The molecule has 1 aliphatic rings. The van der Waals surface area contributed by atoms with Crippen molar-refractivity contribution in [3.8, 4) is 11.1 Å². The molecule has 33 heavy (non-hydrogen) atoms. The lowest BCUT2D eigenvalue weighted by Gasteiger charge is -2.28. The van der Waals surface area contributed by atoms with Gasteiger partial charge in [-0.1, -0.05) is 66.7 Å². The fraction of sp³-hybridized carbons (Fsp3) is 0.185. The highest BCUT2D eigenvalue weighted by atomic mass is 32.1. The highest BCUT2D eigenvalue weighted by molar-refractivity contribution is 7.17. The van der Waals surface area contributed by atoms with E-state index in [9.17, 15) is 14.7 Å². The number of carbonyl (C=O) groups excluding carboxylic acids is 1. The van der Waals surface area contributed by atoms with E-state index in [1.807, 2.05) is 53.9 Å². The maximum absolute atomic E-state index is 13.4. The molecule has 3 aromatic carbocycles. The molecule has 1 atom stereocenters. The summed E-state index contributed by atoms with van der Waals surface area (Å²) in [5.41, 5.74) is 5.28. The van der Waals surface area contributed by atoms with Crippen molar-refractivity contribution in [1.29, 1.82) is 0 Å². The van der Waals surface area contributed by atoms with Crippen LogP contribution in [0, 0.1) is 0 Å². The van der Waals surface area contributed by atoms with Crippen LogP contribution in [0.3, 0.4) is 0 Å². The number of hydrogen-bond acceptors (Lipinski definition) is 4. The van der Waals surface area contributed by atoms with Crippen molar-refractivity contribution >= 4 is 39.2 Å². The topological polar surface area (TPSA) is 66.8 Å². The number of hydrogen-bond donors (Lipinski definition) is 1. The van der Waals surface area contributed by atoms with E-state index < -0.39 is 18.1 Å². The number of thiophene rings is 1. The van der Waals surface area contributed by atoms with Gasteiger partial charge in [-0.3, -0.25) is 9.69 Å². The number of carboxylic acid groups (broad SMARTS) is 1. The molecule has 166 valence electrons. The van der Waals surface area contributed by atoms with Crippen molar-refractivity contribution in [3.05, 3.63) is 89.3 Å². The summed E-state index contributed by atoms with van der Waals surface area (Å²) < 4.78 is 6.91. The Morgan fingerprint density at radius 2 is 1.58 bits per heavy atom. The molecule has 6 heteroatoms. The number of ether oxygens (including phenoxy) is 1. The van der Waals surface area contributed by atoms with E-state index in [0.29, 0.717) is 5.69 Å². The smallest absolute Gasteiger partial charge is 0.414 e. The Bertz CT molecular complexity index is 1300. The Balaban J connectivity index is 1.44. The van der Waals surface area contributed by atoms with Crippen molar-refractivity contribution in [2.45, 2.75) is 25.3 Å². The molecule has 0 unspecified atom stereocenters. The average molecular weight is 458 g/mol. The summed E-state index contributed by atoms with van der Waals surface area (Å²) in [7, 11) is 0.